The lowest BCUT2D eigenvalue weighted by Crippen LogP contribution is -2.44. The Morgan fingerprint density at radius 3 is 2.22 bits per heavy atom. The number of nitrogens with zero attached hydrogens (tertiary/aromatic N) is 1. The molecule has 0 aromatic heterocycles. The van der Waals surface area contributed by atoms with Gasteiger partial charge in [0.2, 0.25) is 5.91 Å². The molecular formula is C18H26N2O3. The number of rotatable bonds is 7. The summed E-state index contributed by atoms with van der Waals surface area (Å²) >= 11 is 0. The van der Waals surface area contributed by atoms with Gasteiger partial charge in [0.1, 0.15) is 6.04 Å². The Labute approximate surface area is 137 Å². The predicted octanol–water partition coefficient (Wildman–Crippen LogP) is 2.05. The van der Waals surface area contributed by atoms with Crippen molar-refractivity contribution in [2.45, 2.75) is 45.7 Å². The molecule has 1 saturated heterocycles. The van der Waals surface area contributed by atoms with E-state index in [0.717, 1.165) is 25.2 Å². The molecule has 1 aromatic carbocycles. The molecule has 1 fully saturated rings. The molecule has 0 radical (unpaired) electrons. The highest BCUT2D eigenvalue weighted by Crippen LogP contribution is 2.13. The van der Waals surface area contributed by atoms with Crippen molar-refractivity contribution in [3.63, 3.8) is 0 Å². The fourth-order valence-corrected chi connectivity index (χ4v) is 2.88. The Hall–Kier alpha value is -1.88. The van der Waals surface area contributed by atoms with Crippen LogP contribution in [0, 0.1) is 5.92 Å². The van der Waals surface area contributed by atoms with E-state index in [1.54, 1.807) is 13.8 Å². The molecule has 5 heteroatoms. The molecule has 1 heterocycles. The number of hydrogen-bond acceptors (Lipinski definition) is 3. The standard InChI is InChI=1S/C18H26N2O3/c1-13(2)17(18(22)23)19-16(21)11-14-5-7-15(8-6-14)12-20-9-3-4-10-20/h5-8,13,17H,3-4,9-12H2,1-2H3,(H,19,21)(H,22,23). The van der Waals surface area contributed by atoms with E-state index in [1.165, 1.54) is 18.4 Å². The maximum Gasteiger partial charge on any atom is 0.326 e. The number of amides is 1. The minimum atomic E-state index is -0.991. The molecule has 1 unspecified atom stereocenters. The van der Waals surface area contributed by atoms with Crippen LogP contribution in [0.15, 0.2) is 24.3 Å². The summed E-state index contributed by atoms with van der Waals surface area (Å²) in [6.45, 7) is 6.85. The first-order valence-electron chi connectivity index (χ1n) is 8.28. The molecule has 1 aromatic rings. The molecule has 0 spiro atoms. The average molecular weight is 318 g/mol. The number of nitrogens with one attached hydrogen (secondary N) is 1. The minimum Gasteiger partial charge on any atom is -0.480 e. The highest BCUT2D eigenvalue weighted by atomic mass is 16.4. The van der Waals surface area contributed by atoms with Crippen molar-refractivity contribution in [2.75, 3.05) is 13.1 Å². The summed E-state index contributed by atoms with van der Waals surface area (Å²) in [7, 11) is 0. The van der Waals surface area contributed by atoms with Crippen molar-refractivity contribution in [3.8, 4) is 0 Å². The monoisotopic (exact) mass is 318 g/mol. The van der Waals surface area contributed by atoms with Crippen molar-refractivity contribution in [1.29, 1.82) is 0 Å². The Kier molecular flexibility index (Phi) is 6.16. The van der Waals surface area contributed by atoms with E-state index in [4.69, 9.17) is 5.11 Å². The van der Waals surface area contributed by atoms with Crippen molar-refractivity contribution in [1.82, 2.24) is 10.2 Å². The van der Waals surface area contributed by atoms with Gasteiger partial charge in [0.25, 0.3) is 0 Å². The van der Waals surface area contributed by atoms with Gasteiger partial charge in [0.05, 0.1) is 6.42 Å². The summed E-state index contributed by atoms with van der Waals surface area (Å²) < 4.78 is 0. The number of carboxylic acid groups (broad SMARTS) is 1. The van der Waals surface area contributed by atoms with E-state index in [2.05, 4.69) is 22.3 Å². The molecule has 0 saturated carbocycles. The smallest absolute Gasteiger partial charge is 0.326 e. The number of carboxylic acids is 1. The van der Waals surface area contributed by atoms with Crippen LogP contribution >= 0.6 is 0 Å². The van der Waals surface area contributed by atoms with Crippen LogP contribution in [-0.2, 0) is 22.6 Å². The quantitative estimate of drug-likeness (QED) is 0.807. The fourth-order valence-electron chi connectivity index (χ4n) is 2.88. The number of carbonyl (C=O) groups is 2. The summed E-state index contributed by atoms with van der Waals surface area (Å²) in [6, 6.07) is 7.18. The van der Waals surface area contributed by atoms with Crippen LogP contribution in [0.5, 0.6) is 0 Å². The number of carbonyl (C=O) groups excluding carboxylic acids is 1. The zero-order chi connectivity index (χ0) is 16.8. The number of benzene rings is 1. The van der Waals surface area contributed by atoms with Gasteiger partial charge in [-0.1, -0.05) is 38.1 Å². The molecule has 2 rings (SSSR count). The highest BCUT2D eigenvalue weighted by Gasteiger charge is 2.23. The second-order valence-corrected chi connectivity index (χ2v) is 6.60. The summed E-state index contributed by atoms with van der Waals surface area (Å²) in [4.78, 5) is 25.6. The lowest BCUT2D eigenvalue weighted by atomic mass is 10.0. The molecular weight excluding hydrogens is 292 g/mol. The Bertz CT molecular complexity index is 534. The molecule has 126 valence electrons. The molecule has 1 aliphatic heterocycles. The third-order valence-electron chi connectivity index (χ3n) is 4.24. The maximum atomic E-state index is 12.0. The molecule has 1 atom stereocenters. The lowest BCUT2D eigenvalue weighted by molar-refractivity contribution is -0.143. The van der Waals surface area contributed by atoms with Crippen molar-refractivity contribution < 1.29 is 14.7 Å². The van der Waals surface area contributed by atoms with E-state index in [-0.39, 0.29) is 18.2 Å². The van der Waals surface area contributed by atoms with Gasteiger partial charge in [-0.05, 0) is 43.0 Å². The molecule has 0 bridgehead atoms. The first-order chi connectivity index (χ1) is 11.0. The molecule has 1 aliphatic rings. The zero-order valence-corrected chi connectivity index (χ0v) is 13.9. The fraction of sp³-hybridized carbons (Fsp3) is 0.556. The first kappa shape index (κ1) is 17.5. The van der Waals surface area contributed by atoms with Crippen molar-refractivity contribution >= 4 is 11.9 Å². The summed E-state index contributed by atoms with van der Waals surface area (Å²) in [5.74, 6) is -1.38. The van der Waals surface area contributed by atoms with Gasteiger partial charge in [0, 0.05) is 6.54 Å². The van der Waals surface area contributed by atoms with Gasteiger partial charge in [-0.15, -0.1) is 0 Å². The van der Waals surface area contributed by atoms with Crippen LogP contribution in [0.2, 0.25) is 0 Å². The molecule has 0 aliphatic carbocycles. The lowest BCUT2D eigenvalue weighted by Gasteiger charge is -2.18. The molecule has 23 heavy (non-hydrogen) atoms. The molecule has 1 amide bonds. The predicted molar refractivity (Wildman–Crippen MR) is 89.1 cm³/mol. The van der Waals surface area contributed by atoms with Crippen molar-refractivity contribution in [3.05, 3.63) is 35.4 Å². The second-order valence-electron chi connectivity index (χ2n) is 6.60. The topological polar surface area (TPSA) is 69.6 Å². The molecule has 2 N–H and O–H groups in total. The average Bonchev–Trinajstić information content (AvgIpc) is 2.99. The first-order valence-corrected chi connectivity index (χ1v) is 8.28. The van der Waals surface area contributed by atoms with Crippen LogP contribution in [0.4, 0.5) is 0 Å². The van der Waals surface area contributed by atoms with E-state index >= 15 is 0 Å². The van der Waals surface area contributed by atoms with E-state index in [0.29, 0.717) is 0 Å². The third kappa shape index (κ3) is 5.36. The van der Waals surface area contributed by atoms with E-state index in [1.807, 2.05) is 12.1 Å². The summed E-state index contributed by atoms with van der Waals surface area (Å²) in [6.07, 6.45) is 2.76. The largest absolute Gasteiger partial charge is 0.480 e. The van der Waals surface area contributed by atoms with Gasteiger partial charge in [-0.25, -0.2) is 4.79 Å². The summed E-state index contributed by atoms with van der Waals surface area (Å²) in [5.41, 5.74) is 2.15. The van der Waals surface area contributed by atoms with Crippen LogP contribution in [-0.4, -0.2) is 41.0 Å². The normalized spacial score (nSPS) is 16.5. The highest BCUT2D eigenvalue weighted by molar-refractivity contribution is 5.85. The van der Waals surface area contributed by atoms with E-state index in [9.17, 15) is 9.59 Å². The molecule has 5 nitrogen and oxygen atoms in total. The van der Waals surface area contributed by atoms with Crippen LogP contribution in [0.1, 0.15) is 37.8 Å². The Balaban J connectivity index is 1.87. The van der Waals surface area contributed by atoms with Gasteiger partial charge >= 0.3 is 5.97 Å². The van der Waals surface area contributed by atoms with E-state index < -0.39 is 12.0 Å². The third-order valence-corrected chi connectivity index (χ3v) is 4.24. The van der Waals surface area contributed by atoms with Crippen LogP contribution < -0.4 is 5.32 Å². The maximum absolute atomic E-state index is 12.0. The minimum absolute atomic E-state index is 0.140. The van der Waals surface area contributed by atoms with Crippen LogP contribution in [0.3, 0.4) is 0 Å². The second kappa shape index (κ2) is 8.11. The number of aliphatic carboxylic acids is 1. The van der Waals surface area contributed by atoms with Gasteiger partial charge in [-0.2, -0.15) is 0 Å². The number of likely N-dealkylation sites (tertiary alicyclic amines) is 1. The van der Waals surface area contributed by atoms with Gasteiger partial charge in [-0.3, -0.25) is 9.69 Å². The van der Waals surface area contributed by atoms with Crippen LogP contribution in [0.25, 0.3) is 0 Å². The summed E-state index contributed by atoms with van der Waals surface area (Å²) in [5, 5.41) is 11.7. The number of hydrogen-bond donors (Lipinski definition) is 2. The Morgan fingerprint density at radius 1 is 1.13 bits per heavy atom. The van der Waals surface area contributed by atoms with Gasteiger partial charge in [0.15, 0.2) is 0 Å². The van der Waals surface area contributed by atoms with Gasteiger partial charge < -0.3 is 10.4 Å². The zero-order valence-electron chi connectivity index (χ0n) is 13.9. The SMILES string of the molecule is CC(C)C(NC(=O)Cc1ccc(CN2CCCC2)cc1)C(=O)O. The van der Waals surface area contributed by atoms with Crippen molar-refractivity contribution in [2.24, 2.45) is 5.92 Å². The Morgan fingerprint density at radius 2 is 1.70 bits per heavy atom.